The number of nitrogens with two attached hydrogens (primary N) is 1. The Morgan fingerprint density at radius 2 is 2.29 bits per heavy atom. The first-order chi connectivity index (χ1) is 8.13. The van der Waals surface area contributed by atoms with Gasteiger partial charge in [0.05, 0.1) is 0 Å². The Hall–Kier alpha value is -1.16. The molecule has 2 unspecified atom stereocenters. The smallest absolute Gasteiger partial charge is 0.129 e. The highest BCUT2D eigenvalue weighted by Crippen LogP contribution is 2.30. The molecule has 0 aliphatic carbocycles. The van der Waals surface area contributed by atoms with Crippen molar-refractivity contribution in [2.45, 2.75) is 45.2 Å². The average Bonchev–Trinajstić information content (AvgIpc) is 2.70. The number of pyridine rings is 1. The van der Waals surface area contributed by atoms with Crippen molar-refractivity contribution in [1.82, 2.24) is 4.98 Å². The lowest BCUT2D eigenvalue weighted by Crippen LogP contribution is -2.34. The Balaban J connectivity index is 2.24. The van der Waals surface area contributed by atoms with Crippen LogP contribution in [0.5, 0.6) is 0 Å². The Bertz CT molecular complexity index is 402. The van der Waals surface area contributed by atoms with E-state index >= 15 is 0 Å². The highest BCUT2D eigenvalue weighted by atomic mass is 32.1. The minimum atomic E-state index is 0.408. The molecule has 0 amide bonds. The topological polar surface area (TPSA) is 42.1 Å². The van der Waals surface area contributed by atoms with Gasteiger partial charge in [0.2, 0.25) is 0 Å². The van der Waals surface area contributed by atoms with Crippen LogP contribution in [0.3, 0.4) is 0 Å². The third-order valence-electron chi connectivity index (χ3n) is 3.55. The van der Waals surface area contributed by atoms with Crippen LogP contribution in [0.2, 0.25) is 0 Å². The van der Waals surface area contributed by atoms with E-state index in [2.05, 4.69) is 23.7 Å². The summed E-state index contributed by atoms with van der Waals surface area (Å²) >= 11 is 4.93. The van der Waals surface area contributed by atoms with E-state index in [-0.39, 0.29) is 0 Å². The molecule has 92 valence electrons. The number of nitrogens with zero attached hydrogens (tertiary/aromatic N) is 2. The van der Waals surface area contributed by atoms with Gasteiger partial charge in [0.25, 0.3) is 0 Å². The Morgan fingerprint density at radius 3 is 2.82 bits per heavy atom. The lowest BCUT2D eigenvalue weighted by molar-refractivity contribution is 0.621. The summed E-state index contributed by atoms with van der Waals surface area (Å²) in [5.41, 5.74) is 6.41. The van der Waals surface area contributed by atoms with Crippen molar-refractivity contribution in [1.29, 1.82) is 0 Å². The van der Waals surface area contributed by atoms with Gasteiger partial charge in [0, 0.05) is 23.8 Å². The van der Waals surface area contributed by atoms with Crippen LogP contribution in [0.1, 0.15) is 38.7 Å². The van der Waals surface area contributed by atoms with Crippen LogP contribution in [-0.4, -0.2) is 22.1 Å². The maximum atomic E-state index is 5.58. The van der Waals surface area contributed by atoms with Crippen molar-refractivity contribution in [2.24, 2.45) is 5.73 Å². The van der Waals surface area contributed by atoms with E-state index < -0.39 is 0 Å². The summed E-state index contributed by atoms with van der Waals surface area (Å²) in [4.78, 5) is 7.32. The van der Waals surface area contributed by atoms with Crippen LogP contribution in [0.4, 0.5) is 5.82 Å². The second kappa shape index (κ2) is 5.00. The van der Waals surface area contributed by atoms with Gasteiger partial charge in [-0.15, -0.1) is 0 Å². The molecular weight excluding hydrogens is 230 g/mol. The molecule has 3 nitrogen and oxygen atoms in total. The minimum Gasteiger partial charge on any atom is -0.389 e. The van der Waals surface area contributed by atoms with E-state index in [9.17, 15) is 0 Å². The minimum absolute atomic E-state index is 0.408. The fraction of sp³-hybridized carbons (Fsp3) is 0.538. The van der Waals surface area contributed by atoms with E-state index in [1.165, 1.54) is 19.3 Å². The number of hydrogen-bond acceptors (Lipinski definition) is 3. The van der Waals surface area contributed by atoms with Crippen molar-refractivity contribution in [3.05, 3.63) is 23.9 Å². The number of thiocarbonyl (C=S) groups is 1. The zero-order valence-corrected chi connectivity index (χ0v) is 11.2. The zero-order chi connectivity index (χ0) is 12.4. The Labute approximate surface area is 108 Å². The molecule has 2 heterocycles. The van der Waals surface area contributed by atoms with Gasteiger partial charge in [-0.05, 0) is 38.3 Å². The van der Waals surface area contributed by atoms with Crippen LogP contribution in [-0.2, 0) is 0 Å². The van der Waals surface area contributed by atoms with Crippen LogP contribution in [0, 0.1) is 0 Å². The molecule has 17 heavy (non-hydrogen) atoms. The van der Waals surface area contributed by atoms with Gasteiger partial charge in [-0.3, -0.25) is 0 Å². The Morgan fingerprint density at radius 1 is 1.53 bits per heavy atom. The summed E-state index contributed by atoms with van der Waals surface area (Å²) in [7, 11) is 0. The van der Waals surface area contributed by atoms with Gasteiger partial charge < -0.3 is 10.6 Å². The SMILES string of the molecule is CCC1CCC(C)N1c1ccc(C(N)=S)cn1. The highest BCUT2D eigenvalue weighted by molar-refractivity contribution is 7.80. The molecule has 1 aromatic heterocycles. The van der Waals surface area contributed by atoms with E-state index in [1.54, 1.807) is 6.20 Å². The summed E-state index contributed by atoms with van der Waals surface area (Å²) in [6.07, 6.45) is 5.45. The predicted molar refractivity (Wildman–Crippen MR) is 75.4 cm³/mol. The van der Waals surface area contributed by atoms with E-state index in [0.717, 1.165) is 11.4 Å². The van der Waals surface area contributed by atoms with E-state index in [1.807, 2.05) is 12.1 Å². The lowest BCUT2D eigenvalue weighted by atomic mass is 10.1. The van der Waals surface area contributed by atoms with Gasteiger partial charge in [-0.2, -0.15) is 0 Å². The fourth-order valence-corrected chi connectivity index (χ4v) is 2.69. The molecule has 1 saturated heterocycles. The highest BCUT2D eigenvalue weighted by Gasteiger charge is 2.29. The van der Waals surface area contributed by atoms with Gasteiger partial charge >= 0.3 is 0 Å². The molecule has 0 spiro atoms. The largest absolute Gasteiger partial charge is 0.389 e. The van der Waals surface area contributed by atoms with Crippen LogP contribution < -0.4 is 10.6 Å². The molecule has 1 aliphatic heterocycles. The first-order valence-corrected chi connectivity index (χ1v) is 6.58. The van der Waals surface area contributed by atoms with Gasteiger partial charge in [-0.1, -0.05) is 19.1 Å². The van der Waals surface area contributed by atoms with E-state index in [4.69, 9.17) is 18.0 Å². The molecule has 2 N–H and O–H groups in total. The summed E-state index contributed by atoms with van der Waals surface area (Å²) in [6.45, 7) is 4.50. The summed E-state index contributed by atoms with van der Waals surface area (Å²) < 4.78 is 0. The van der Waals surface area contributed by atoms with Crippen LogP contribution in [0.25, 0.3) is 0 Å². The van der Waals surface area contributed by atoms with E-state index in [0.29, 0.717) is 17.1 Å². The first kappa shape index (κ1) is 12.3. The predicted octanol–water partition coefficient (Wildman–Crippen LogP) is 2.48. The molecule has 1 aromatic rings. The van der Waals surface area contributed by atoms with Gasteiger partial charge in [-0.25, -0.2) is 4.98 Å². The third kappa shape index (κ3) is 2.41. The lowest BCUT2D eigenvalue weighted by Gasteiger charge is -2.29. The number of rotatable bonds is 3. The van der Waals surface area contributed by atoms with Crippen molar-refractivity contribution in [3.8, 4) is 0 Å². The zero-order valence-electron chi connectivity index (χ0n) is 10.4. The third-order valence-corrected chi connectivity index (χ3v) is 3.79. The first-order valence-electron chi connectivity index (χ1n) is 6.17. The standard InChI is InChI=1S/C13H19N3S/c1-3-11-6-4-9(2)16(11)12-7-5-10(8-15-12)13(14)17/h5,7-9,11H,3-4,6H2,1-2H3,(H2,14,17). The summed E-state index contributed by atoms with van der Waals surface area (Å²) in [5.74, 6) is 1.04. The van der Waals surface area contributed by atoms with Gasteiger partial charge in [0.1, 0.15) is 10.8 Å². The normalized spacial score (nSPS) is 24.0. The molecule has 2 atom stereocenters. The summed E-state index contributed by atoms with van der Waals surface area (Å²) in [6, 6.07) is 5.18. The molecule has 2 rings (SSSR count). The molecule has 0 saturated carbocycles. The van der Waals surface area contributed by atoms with Gasteiger partial charge in [0.15, 0.2) is 0 Å². The van der Waals surface area contributed by atoms with Crippen molar-refractivity contribution >= 4 is 23.0 Å². The maximum Gasteiger partial charge on any atom is 0.129 e. The van der Waals surface area contributed by atoms with Crippen LogP contribution >= 0.6 is 12.2 Å². The monoisotopic (exact) mass is 249 g/mol. The molecule has 0 aromatic carbocycles. The Kier molecular flexibility index (Phi) is 3.62. The molecular formula is C13H19N3S. The maximum absolute atomic E-state index is 5.58. The molecule has 1 aliphatic rings. The molecule has 1 fully saturated rings. The second-order valence-corrected chi connectivity index (χ2v) is 5.10. The van der Waals surface area contributed by atoms with Crippen molar-refractivity contribution < 1.29 is 0 Å². The average molecular weight is 249 g/mol. The summed E-state index contributed by atoms with van der Waals surface area (Å²) in [5, 5.41) is 0. The molecule has 4 heteroatoms. The quantitative estimate of drug-likeness (QED) is 0.836. The second-order valence-electron chi connectivity index (χ2n) is 4.67. The molecule has 0 radical (unpaired) electrons. The number of aromatic nitrogens is 1. The number of anilines is 1. The van der Waals surface area contributed by atoms with Crippen molar-refractivity contribution in [3.63, 3.8) is 0 Å². The fourth-order valence-electron chi connectivity index (χ4n) is 2.57. The number of hydrogen-bond donors (Lipinski definition) is 1. The van der Waals surface area contributed by atoms with Crippen LogP contribution in [0.15, 0.2) is 18.3 Å². The van der Waals surface area contributed by atoms with Crippen molar-refractivity contribution in [2.75, 3.05) is 4.90 Å². The molecule has 0 bridgehead atoms.